The van der Waals surface area contributed by atoms with E-state index in [4.69, 9.17) is 39.5 Å². The van der Waals surface area contributed by atoms with E-state index in [9.17, 15) is 0 Å². The molecule has 0 spiro atoms. The van der Waals surface area contributed by atoms with Gasteiger partial charge in [-0.3, -0.25) is 0 Å². The molecule has 2 rings (SSSR count). The molecule has 0 saturated carbocycles. The number of aromatic nitrogens is 1. The van der Waals surface area contributed by atoms with Crippen LogP contribution in [-0.4, -0.2) is 12.1 Å². The number of hydrogen-bond acceptors (Lipinski definition) is 3. The van der Waals surface area contributed by atoms with Crippen LogP contribution >= 0.6 is 34.8 Å². The molecule has 1 aromatic heterocycles. The maximum absolute atomic E-state index is 6.08. The van der Waals surface area contributed by atoms with Crippen molar-refractivity contribution in [2.45, 2.75) is 6.54 Å². The Morgan fingerprint density at radius 3 is 2.58 bits per heavy atom. The lowest BCUT2D eigenvalue weighted by atomic mass is 10.3. The Bertz CT molecular complexity index is 590. The number of nitrogens with zero attached hydrogens (tertiary/aromatic N) is 1. The van der Waals surface area contributed by atoms with Crippen LogP contribution in [0, 0.1) is 0 Å². The van der Waals surface area contributed by atoms with Gasteiger partial charge in [-0.2, -0.15) is 0 Å². The van der Waals surface area contributed by atoms with Crippen molar-refractivity contribution in [3.8, 4) is 5.88 Å². The zero-order valence-electron chi connectivity index (χ0n) is 10.1. The summed E-state index contributed by atoms with van der Waals surface area (Å²) in [5.41, 5.74) is 1.54. The summed E-state index contributed by atoms with van der Waals surface area (Å²) >= 11 is 17.9. The highest BCUT2D eigenvalue weighted by atomic mass is 35.5. The van der Waals surface area contributed by atoms with Gasteiger partial charge < -0.3 is 10.1 Å². The van der Waals surface area contributed by atoms with E-state index in [1.54, 1.807) is 25.3 Å². The van der Waals surface area contributed by atoms with E-state index in [1.807, 2.05) is 12.1 Å². The fourth-order valence-corrected chi connectivity index (χ4v) is 2.13. The van der Waals surface area contributed by atoms with Gasteiger partial charge in [-0.15, -0.1) is 0 Å². The number of hydrogen-bond donors (Lipinski definition) is 1. The summed E-state index contributed by atoms with van der Waals surface area (Å²) in [6, 6.07) is 8.84. The minimum Gasteiger partial charge on any atom is -0.481 e. The van der Waals surface area contributed by atoms with Gasteiger partial charge in [-0.1, -0.05) is 40.9 Å². The number of ether oxygens (including phenoxy) is 1. The second-order valence-electron chi connectivity index (χ2n) is 3.77. The minimum atomic E-state index is 0.428. The van der Waals surface area contributed by atoms with E-state index in [0.717, 1.165) is 5.69 Å². The first kappa shape index (κ1) is 14.3. The van der Waals surface area contributed by atoms with Crippen molar-refractivity contribution in [1.29, 1.82) is 0 Å². The fraction of sp³-hybridized carbons (Fsp3) is 0.154. The van der Waals surface area contributed by atoms with Crippen LogP contribution in [0.5, 0.6) is 5.88 Å². The highest BCUT2D eigenvalue weighted by Crippen LogP contribution is 2.32. The van der Waals surface area contributed by atoms with Gasteiger partial charge in [-0.05, 0) is 18.2 Å². The summed E-state index contributed by atoms with van der Waals surface area (Å²) in [5.74, 6) is 0.569. The van der Waals surface area contributed by atoms with Crippen LogP contribution in [0.2, 0.25) is 15.1 Å². The third-order valence-electron chi connectivity index (χ3n) is 2.46. The quantitative estimate of drug-likeness (QED) is 0.833. The highest BCUT2D eigenvalue weighted by molar-refractivity contribution is 6.44. The van der Waals surface area contributed by atoms with E-state index < -0.39 is 0 Å². The predicted molar refractivity (Wildman–Crippen MR) is 79.6 cm³/mol. The normalized spacial score (nSPS) is 10.3. The Hall–Kier alpha value is -1.16. The smallest absolute Gasteiger partial charge is 0.213 e. The zero-order chi connectivity index (χ0) is 13.8. The summed E-state index contributed by atoms with van der Waals surface area (Å²) in [7, 11) is 1.58. The molecule has 0 aliphatic carbocycles. The molecule has 2 aromatic rings. The molecule has 1 N–H and O–H groups in total. The van der Waals surface area contributed by atoms with E-state index in [1.165, 1.54) is 0 Å². The van der Waals surface area contributed by atoms with Crippen molar-refractivity contribution in [2.75, 3.05) is 12.4 Å². The van der Waals surface area contributed by atoms with Crippen LogP contribution in [0.4, 0.5) is 5.69 Å². The van der Waals surface area contributed by atoms with Crippen LogP contribution in [0.25, 0.3) is 0 Å². The first-order valence-corrected chi connectivity index (χ1v) is 6.62. The predicted octanol–water partition coefficient (Wildman–Crippen LogP) is 4.66. The molecule has 0 aliphatic heterocycles. The molecule has 0 unspecified atom stereocenters. The number of halogens is 3. The van der Waals surface area contributed by atoms with Gasteiger partial charge in [0.1, 0.15) is 0 Å². The van der Waals surface area contributed by atoms with Gasteiger partial charge in [0.15, 0.2) is 0 Å². The van der Waals surface area contributed by atoms with Gasteiger partial charge >= 0.3 is 0 Å². The number of rotatable bonds is 4. The standard InChI is InChI=1S/C13H11Cl3N2O/c1-19-13-4-2-3-8(18-13)7-17-12-6-10(15)9(14)5-11(12)16/h2-6,17H,7H2,1H3. The Kier molecular flexibility index (Phi) is 4.75. The van der Waals surface area contributed by atoms with E-state index in [0.29, 0.717) is 33.2 Å². The maximum Gasteiger partial charge on any atom is 0.213 e. The molecule has 3 nitrogen and oxygen atoms in total. The molecule has 100 valence electrons. The van der Waals surface area contributed by atoms with Crippen LogP contribution in [-0.2, 0) is 6.54 Å². The Labute approximate surface area is 126 Å². The van der Waals surface area contributed by atoms with Crippen LogP contribution < -0.4 is 10.1 Å². The number of pyridine rings is 1. The van der Waals surface area contributed by atoms with Crippen molar-refractivity contribution >= 4 is 40.5 Å². The summed E-state index contributed by atoms with van der Waals surface area (Å²) in [6.07, 6.45) is 0. The van der Waals surface area contributed by atoms with Crippen molar-refractivity contribution in [3.63, 3.8) is 0 Å². The van der Waals surface area contributed by atoms with Crippen LogP contribution in [0.3, 0.4) is 0 Å². The molecule has 0 saturated heterocycles. The average Bonchev–Trinajstić information content (AvgIpc) is 2.41. The Morgan fingerprint density at radius 2 is 1.84 bits per heavy atom. The largest absolute Gasteiger partial charge is 0.481 e. The molecule has 6 heteroatoms. The molecule has 1 heterocycles. The zero-order valence-corrected chi connectivity index (χ0v) is 12.4. The van der Waals surface area contributed by atoms with Gasteiger partial charge in [0, 0.05) is 6.07 Å². The SMILES string of the molecule is COc1cccc(CNc2cc(Cl)c(Cl)cc2Cl)n1. The summed E-state index contributed by atoms with van der Waals surface area (Å²) in [5, 5.41) is 4.55. The van der Waals surface area contributed by atoms with Crippen molar-refractivity contribution in [1.82, 2.24) is 4.98 Å². The first-order valence-electron chi connectivity index (χ1n) is 5.48. The lowest BCUT2D eigenvalue weighted by Crippen LogP contribution is -2.03. The van der Waals surface area contributed by atoms with Gasteiger partial charge in [0.05, 0.1) is 40.1 Å². The van der Waals surface area contributed by atoms with Crippen LogP contribution in [0.15, 0.2) is 30.3 Å². The molecule has 0 radical (unpaired) electrons. The Balaban J connectivity index is 2.12. The fourth-order valence-electron chi connectivity index (χ4n) is 1.51. The molecular formula is C13H11Cl3N2O. The third-order valence-corrected chi connectivity index (χ3v) is 3.50. The van der Waals surface area contributed by atoms with E-state index in [2.05, 4.69) is 10.3 Å². The van der Waals surface area contributed by atoms with Gasteiger partial charge in [0.2, 0.25) is 5.88 Å². The molecule has 0 aliphatic rings. The van der Waals surface area contributed by atoms with Crippen molar-refractivity contribution in [2.24, 2.45) is 0 Å². The average molecular weight is 318 g/mol. The molecule has 0 fully saturated rings. The lowest BCUT2D eigenvalue weighted by molar-refractivity contribution is 0.396. The minimum absolute atomic E-state index is 0.428. The highest BCUT2D eigenvalue weighted by Gasteiger charge is 2.06. The summed E-state index contributed by atoms with van der Waals surface area (Å²) < 4.78 is 5.06. The molecule has 1 aromatic carbocycles. The Morgan fingerprint density at radius 1 is 1.11 bits per heavy atom. The first-order chi connectivity index (χ1) is 9.10. The number of methoxy groups -OCH3 is 1. The van der Waals surface area contributed by atoms with Crippen LogP contribution in [0.1, 0.15) is 5.69 Å². The van der Waals surface area contributed by atoms with E-state index in [-0.39, 0.29) is 0 Å². The van der Waals surface area contributed by atoms with Crippen molar-refractivity contribution < 1.29 is 4.74 Å². The lowest BCUT2D eigenvalue weighted by Gasteiger charge is -2.10. The second-order valence-corrected chi connectivity index (χ2v) is 4.99. The van der Waals surface area contributed by atoms with Gasteiger partial charge in [-0.25, -0.2) is 4.98 Å². The number of anilines is 1. The number of nitrogens with one attached hydrogen (secondary N) is 1. The second kappa shape index (κ2) is 6.33. The topological polar surface area (TPSA) is 34.1 Å². The molecule has 0 amide bonds. The van der Waals surface area contributed by atoms with Gasteiger partial charge in [0.25, 0.3) is 0 Å². The number of benzene rings is 1. The maximum atomic E-state index is 6.08. The monoisotopic (exact) mass is 316 g/mol. The van der Waals surface area contributed by atoms with E-state index >= 15 is 0 Å². The third kappa shape index (κ3) is 3.66. The molecular weight excluding hydrogens is 307 g/mol. The molecule has 0 bridgehead atoms. The van der Waals surface area contributed by atoms with Crippen molar-refractivity contribution in [3.05, 3.63) is 51.1 Å². The summed E-state index contributed by atoms with van der Waals surface area (Å²) in [6.45, 7) is 0.509. The summed E-state index contributed by atoms with van der Waals surface area (Å²) in [4.78, 5) is 4.29. The molecule has 0 atom stereocenters. The molecule has 19 heavy (non-hydrogen) atoms.